The molecule has 5 amide bonds. The first-order valence-electron chi connectivity index (χ1n) is 40.2. The summed E-state index contributed by atoms with van der Waals surface area (Å²) in [5.41, 5.74) is 10.5. The first-order valence-corrected chi connectivity index (χ1v) is 44.8. The van der Waals surface area contributed by atoms with Crippen LogP contribution < -0.4 is 27.1 Å². The Hall–Kier alpha value is -11.0. The van der Waals surface area contributed by atoms with Crippen LogP contribution in [-0.2, 0) is 35.3 Å². The van der Waals surface area contributed by atoms with Crippen LogP contribution in [0.25, 0.3) is 43.6 Å². The van der Waals surface area contributed by atoms with Crippen molar-refractivity contribution in [3.05, 3.63) is 307 Å². The van der Waals surface area contributed by atoms with E-state index in [0.717, 1.165) is 81.2 Å². The molecule has 5 atom stereocenters. The number of benzene rings is 10. The fraction of sp³-hybridized carbons (Fsp3) is 0.287. The SMILES string of the molecule is CC(CSCC(O)CO)C(=O)OCCNC(=O)Nc1ccc2[nH]c(=O)[nH]c2c1.CCN1C(=O)c2cccc3cccc(c23)C1=O.CCn1c2ccccc2c(=O)c2ccccc21.O=C(Nc1cccc2c1C(=O)c1ccccc1C2=O)c1ccc(CCSCC(O)CO)cc1.OCC(O)CSCCc1ccccc1.OCC(O)CSCCc1ccccc1. The lowest BCUT2D eigenvalue weighted by Crippen LogP contribution is -2.39. The Kier molecular flexibility index (Phi) is 38.9. The van der Waals surface area contributed by atoms with Gasteiger partial charge in [-0.25, -0.2) is 9.59 Å². The van der Waals surface area contributed by atoms with Crippen LogP contribution in [0.4, 0.5) is 16.2 Å². The third-order valence-electron chi connectivity index (χ3n) is 19.3. The number of aromatic amines is 2. The van der Waals surface area contributed by atoms with E-state index in [9.17, 15) is 53.4 Å². The Labute approximate surface area is 729 Å². The number of ketones is 2. The Morgan fingerprint density at radius 2 is 0.911 bits per heavy atom. The van der Waals surface area contributed by atoms with Crippen LogP contribution in [0.2, 0.25) is 0 Å². The number of aliphatic hydroxyl groups excluding tert-OH is 8. The second kappa shape index (κ2) is 49.9. The highest BCUT2D eigenvalue weighted by atomic mass is 32.2. The van der Waals surface area contributed by atoms with E-state index >= 15 is 0 Å². The van der Waals surface area contributed by atoms with Crippen LogP contribution in [-0.4, -0.2) is 218 Å². The average Bonchev–Trinajstić information content (AvgIpc) is 1.02. The molecule has 3 heterocycles. The summed E-state index contributed by atoms with van der Waals surface area (Å²) in [6, 6.07) is 70.5. The molecule has 1 aliphatic carbocycles. The first kappa shape index (κ1) is 95.8. The van der Waals surface area contributed by atoms with Gasteiger partial charge in [0.1, 0.15) is 6.61 Å². The van der Waals surface area contributed by atoms with Gasteiger partial charge in [0.15, 0.2) is 17.0 Å². The average molecular weight is 1750 g/mol. The fourth-order valence-electron chi connectivity index (χ4n) is 13.0. The molecule has 1 aliphatic heterocycles. The van der Waals surface area contributed by atoms with E-state index < -0.39 is 36.4 Å². The lowest BCUT2D eigenvalue weighted by atomic mass is 9.83. The van der Waals surface area contributed by atoms with Crippen molar-refractivity contribution in [3.63, 3.8) is 0 Å². The summed E-state index contributed by atoms with van der Waals surface area (Å²) in [7, 11) is 0. The molecular formula is C94H103N7O18S4. The van der Waals surface area contributed by atoms with Crippen LogP contribution in [0, 0.1) is 5.92 Å². The number of hydrogen-bond acceptors (Lipinski definition) is 22. The number of aryl methyl sites for hydroxylation is 4. The number of nitrogens with one attached hydrogen (secondary N) is 5. The van der Waals surface area contributed by atoms with E-state index in [-0.39, 0.29) is 97.0 Å². The Morgan fingerprint density at radius 1 is 0.455 bits per heavy atom. The number of carbonyl (C=O) groups excluding carboxylic acids is 7. The largest absolute Gasteiger partial charge is 0.464 e. The number of para-hydroxylation sites is 2. The third kappa shape index (κ3) is 28.0. The van der Waals surface area contributed by atoms with Crippen molar-refractivity contribution in [2.24, 2.45) is 5.92 Å². The van der Waals surface area contributed by atoms with Crippen molar-refractivity contribution in [1.29, 1.82) is 0 Å². The second-order valence-corrected chi connectivity index (χ2v) is 32.9. The fourth-order valence-corrected chi connectivity index (χ4v) is 16.7. The highest BCUT2D eigenvalue weighted by Crippen LogP contribution is 2.34. The molecule has 0 saturated heterocycles. The molecule has 0 spiro atoms. The lowest BCUT2D eigenvalue weighted by molar-refractivity contribution is -0.146. The maximum atomic E-state index is 13.1. The Bertz CT molecular complexity index is 5460. The Morgan fingerprint density at radius 3 is 1.42 bits per heavy atom. The minimum Gasteiger partial charge on any atom is -0.464 e. The van der Waals surface area contributed by atoms with Crippen LogP contribution in [0.1, 0.15) is 100 Å². The maximum Gasteiger partial charge on any atom is 0.323 e. The second-order valence-electron chi connectivity index (χ2n) is 28.4. The molecule has 25 nitrogen and oxygen atoms in total. The number of thioether (sulfide) groups is 4. The summed E-state index contributed by atoms with van der Waals surface area (Å²) in [5, 5.41) is 82.8. The number of H-pyrrole nitrogens is 2. The van der Waals surface area contributed by atoms with E-state index in [1.54, 1.807) is 127 Å². The van der Waals surface area contributed by atoms with E-state index in [0.29, 0.717) is 85.5 Å². The van der Waals surface area contributed by atoms with Gasteiger partial charge < -0.3 is 76.1 Å². The minimum absolute atomic E-state index is 0.0324. The number of aliphatic hydroxyl groups is 8. The van der Waals surface area contributed by atoms with E-state index in [4.69, 9.17) is 35.4 Å². The number of fused-ring (bicyclic) bond motifs is 5. The number of pyridine rings is 1. The van der Waals surface area contributed by atoms with Crippen molar-refractivity contribution in [2.75, 3.05) is 103 Å². The van der Waals surface area contributed by atoms with Gasteiger partial charge in [0.25, 0.3) is 17.7 Å². The van der Waals surface area contributed by atoms with Gasteiger partial charge in [0.05, 0.1) is 96.6 Å². The molecule has 646 valence electrons. The number of esters is 1. The lowest BCUT2D eigenvalue weighted by Gasteiger charge is -2.25. The zero-order valence-corrected chi connectivity index (χ0v) is 71.7. The molecule has 13 N–H and O–H groups in total. The molecule has 5 unspecified atom stereocenters. The van der Waals surface area contributed by atoms with Gasteiger partial charge >= 0.3 is 17.7 Å². The molecule has 0 saturated carbocycles. The predicted molar refractivity (Wildman–Crippen MR) is 492 cm³/mol. The summed E-state index contributed by atoms with van der Waals surface area (Å²) in [4.78, 5) is 117. The topological polar surface area (TPSA) is 401 Å². The molecule has 2 aliphatic rings. The number of rotatable bonds is 32. The van der Waals surface area contributed by atoms with Gasteiger partial charge in [0.2, 0.25) is 0 Å². The van der Waals surface area contributed by atoms with Crippen LogP contribution in [0.15, 0.2) is 240 Å². The predicted octanol–water partition coefficient (Wildman–Crippen LogP) is 11.8. The van der Waals surface area contributed by atoms with Crippen molar-refractivity contribution in [1.82, 2.24) is 24.8 Å². The number of urea groups is 1. The zero-order chi connectivity index (χ0) is 88.2. The normalized spacial score (nSPS) is 13.0. The summed E-state index contributed by atoms with van der Waals surface area (Å²) < 4.78 is 7.28. The van der Waals surface area contributed by atoms with Crippen LogP contribution >= 0.6 is 47.0 Å². The van der Waals surface area contributed by atoms with Crippen LogP contribution in [0.5, 0.6) is 0 Å². The highest BCUT2D eigenvalue weighted by Gasteiger charge is 2.33. The number of ether oxygens (including phenoxy) is 1. The number of aromatic nitrogens is 3. The number of nitrogens with zero attached hydrogens (tertiary/aromatic N) is 2. The maximum absolute atomic E-state index is 13.1. The highest BCUT2D eigenvalue weighted by molar-refractivity contribution is 8.00. The van der Waals surface area contributed by atoms with E-state index in [2.05, 4.69) is 61.7 Å². The number of imidazole rings is 1. The molecule has 0 radical (unpaired) electrons. The molecular weight excluding hydrogens is 1640 g/mol. The molecule has 29 heteroatoms. The number of amides is 5. The summed E-state index contributed by atoms with van der Waals surface area (Å²) in [6.07, 6.45) is 0.154. The summed E-state index contributed by atoms with van der Waals surface area (Å²) >= 11 is 6.25. The van der Waals surface area contributed by atoms with Gasteiger partial charge in [-0.2, -0.15) is 47.0 Å². The summed E-state index contributed by atoms with van der Waals surface area (Å²) in [6.45, 7) is 6.23. The van der Waals surface area contributed by atoms with Crippen LogP contribution in [0.3, 0.4) is 0 Å². The van der Waals surface area contributed by atoms with Gasteiger partial charge in [-0.15, -0.1) is 0 Å². The van der Waals surface area contributed by atoms with Gasteiger partial charge in [-0.1, -0.05) is 165 Å². The van der Waals surface area contributed by atoms with Gasteiger partial charge in [-0.3, -0.25) is 38.5 Å². The smallest absolute Gasteiger partial charge is 0.323 e. The van der Waals surface area contributed by atoms with E-state index in [1.807, 2.05) is 128 Å². The number of carbonyl (C=O) groups is 7. The standard InChI is InChI=1S/C26H23NO5S.C17H24N4O6S.C15H13NO.C14H11NO2.2C11H16O2S/c28-14-18(29)15-33-13-12-16-8-10-17(11-9-16)26(32)27-22-7-3-6-21-23(22)25(31)20-5-2-1-4-19(20)24(21)30;1-10(8-28-9-12(23)7-22)15(24)27-5-4-18-16(25)19-11-2-3-13-14(6-11)21-17(26)20-13;1-2-16-13-9-5-3-7-11(13)15(17)12-8-4-6-10-14(12)16;1-2-15-13(16)10-7-3-5-9-6-4-8-11(12(9)10)14(15)17;2*12-8-11(13)9-14-7-6-10-4-2-1-3-5-10/h1-11,18,28-29H,12-15H2,(H,27,32);2-3,6,10,12,22-23H,4-5,7-9H2,1H3,(H2,18,19,25)(H2,20,21,26);3-10H,2H2,1H3;3-8H,2H2,1H3;2*1-5,11-13H,6-9H2. The quantitative estimate of drug-likeness (QED) is 0.00806. The van der Waals surface area contributed by atoms with Gasteiger partial charge in [0, 0.05) is 97.1 Å². The molecule has 123 heavy (non-hydrogen) atoms. The van der Waals surface area contributed by atoms with Crippen molar-refractivity contribution in [3.8, 4) is 0 Å². The molecule has 2 aromatic heterocycles. The monoisotopic (exact) mass is 1750 g/mol. The third-order valence-corrected chi connectivity index (χ3v) is 24.0. The number of anilines is 2. The first-order chi connectivity index (χ1) is 59.6. The number of hydrogen-bond donors (Lipinski definition) is 13. The van der Waals surface area contributed by atoms with Gasteiger partial charge in [-0.05, 0) is 145 Å². The Balaban J connectivity index is 0.000000173. The zero-order valence-electron chi connectivity index (χ0n) is 68.4. The number of imide groups is 1. The molecule has 12 aromatic rings. The van der Waals surface area contributed by atoms with Crippen molar-refractivity contribution >= 4 is 143 Å². The minimum atomic E-state index is -0.797. The molecule has 0 bridgehead atoms. The van der Waals surface area contributed by atoms with E-state index in [1.165, 1.54) is 27.8 Å². The molecule has 14 rings (SSSR count). The summed E-state index contributed by atoms with van der Waals surface area (Å²) in [5.74, 6) is 3.26. The van der Waals surface area contributed by atoms with Crippen molar-refractivity contribution in [2.45, 2.75) is 71.0 Å². The molecule has 0 fully saturated rings. The molecule has 10 aromatic carbocycles. The van der Waals surface area contributed by atoms with Crippen molar-refractivity contribution < 1.29 is 79.2 Å².